The molecule has 1 heterocycles. The average Bonchev–Trinajstić information content (AvgIpc) is 2.48. The average molecular weight is 335 g/mol. The van der Waals surface area contributed by atoms with Crippen molar-refractivity contribution in [3.05, 3.63) is 75.7 Å². The number of rotatable bonds is 2. The number of aromatic nitrogens is 1. The van der Waals surface area contributed by atoms with Gasteiger partial charge in [-0.25, -0.2) is 4.98 Å². The summed E-state index contributed by atoms with van der Waals surface area (Å²) in [5, 5.41) is 1.87. The van der Waals surface area contributed by atoms with Gasteiger partial charge in [0.1, 0.15) is 0 Å². The Morgan fingerprint density at radius 1 is 0.619 bits per heavy atom. The predicted octanol–water partition coefficient (Wildman–Crippen LogP) is 6.38. The molecule has 0 saturated heterocycles. The number of pyridine rings is 1. The number of nitrogens with zero attached hydrogens (tertiary/aromatic N) is 1. The first-order valence-corrected chi connectivity index (χ1v) is 7.46. The molecule has 0 fully saturated rings. The van der Waals surface area contributed by atoms with Crippen LogP contribution in [0.2, 0.25) is 15.1 Å². The molecule has 1 nitrogen and oxygen atoms in total. The van der Waals surface area contributed by atoms with E-state index in [9.17, 15) is 0 Å². The molecule has 3 rings (SSSR count). The van der Waals surface area contributed by atoms with Gasteiger partial charge in [-0.05, 0) is 36.4 Å². The van der Waals surface area contributed by atoms with E-state index in [2.05, 4.69) is 4.98 Å². The highest BCUT2D eigenvalue weighted by atomic mass is 35.5. The highest BCUT2D eigenvalue weighted by Gasteiger charge is 2.10. The van der Waals surface area contributed by atoms with Crippen LogP contribution in [0.4, 0.5) is 0 Å². The highest BCUT2D eigenvalue weighted by Crippen LogP contribution is 2.34. The van der Waals surface area contributed by atoms with Crippen molar-refractivity contribution in [3.63, 3.8) is 0 Å². The second-order valence-electron chi connectivity index (χ2n) is 4.51. The van der Waals surface area contributed by atoms with E-state index in [0.29, 0.717) is 15.1 Å². The lowest BCUT2D eigenvalue weighted by Crippen LogP contribution is -1.89. The van der Waals surface area contributed by atoms with E-state index in [1.54, 1.807) is 12.1 Å². The Labute approximate surface area is 138 Å². The van der Waals surface area contributed by atoms with Crippen molar-refractivity contribution in [2.45, 2.75) is 0 Å². The van der Waals surface area contributed by atoms with Gasteiger partial charge in [-0.2, -0.15) is 0 Å². The molecule has 104 valence electrons. The Kier molecular flexibility index (Phi) is 4.16. The summed E-state index contributed by atoms with van der Waals surface area (Å²) in [6.45, 7) is 0. The maximum atomic E-state index is 6.24. The fourth-order valence-corrected chi connectivity index (χ4v) is 2.81. The summed E-state index contributed by atoms with van der Waals surface area (Å²) in [6.07, 6.45) is 0. The SMILES string of the molecule is Clc1ccc(-c2cccc(-c3c(Cl)cccc3Cl)n2)cc1. The number of hydrogen-bond acceptors (Lipinski definition) is 1. The summed E-state index contributed by atoms with van der Waals surface area (Å²) in [5.41, 5.74) is 3.33. The summed E-state index contributed by atoms with van der Waals surface area (Å²) in [7, 11) is 0. The number of benzene rings is 2. The lowest BCUT2D eigenvalue weighted by molar-refractivity contribution is 1.32. The summed E-state index contributed by atoms with van der Waals surface area (Å²) in [6, 6.07) is 18.7. The van der Waals surface area contributed by atoms with E-state index in [-0.39, 0.29) is 0 Å². The van der Waals surface area contributed by atoms with Crippen LogP contribution < -0.4 is 0 Å². The summed E-state index contributed by atoms with van der Waals surface area (Å²) >= 11 is 18.4. The molecule has 2 aromatic carbocycles. The Bertz CT molecular complexity index is 762. The zero-order chi connectivity index (χ0) is 14.8. The molecule has 0 aliphatic carbocycles. The molecule has 0 bridgehead atoms. The van der Waals surface area contributed by atoms with Crippen molar-refractivity contribution in [1.29, 1.82) is 0 Å². The number of hydrogen-bond donors (Lipinski definition) is 0. The van der Waals surface area contributed by atoms with E-state index in [1.807, 2.05) is 48.5 Å². The molecule has 0 aliphatic heterocycles. The van der Waals surface area contributed by atoms with Crippen molar-refractivity contribution >= 4 is 34.8 Å². The van der Waals surface area contributed by atoms with E-state index in [1.165, 1.54) is 0 Å². The Balaban J connectivity index is 2.10. The van der Waals surface area contributed by atoms with Gasteiger partial charge in [-0.1, -0.05) is 59.1 Å². The van der Waals surface area contributed by atoms with Gasteiger partial charge >= 0.3 is 0 Å². The quantitative estimate of drug-likeness (QED) is 0.530. The Morgan fingerprint density at radius 2 is 1.19 bits per heavy atom. The van der Waals surface area contributed by atoms with E-state index >= 15 is 0 Å². The minimum Gasteiger partial charge on any atom is -0.248 e. The van der Waals surface area contributed by atoms with Crippen LogP contribution in [0.25, 0.3) is 22.5 Å². The van der Waals surface area contributed by atoms with E-state index in [0.717, 1.165) is 22.5 Å². The first-order chi connectivity index (χ1) is 10.1. The summed E-state index contributed by atoms with van der Waals surface area (Å²) < 4.78 is 0. The second-order valence-corrected chi connectivity index (χ2v) is 5.76. The zero-order valence-corrected chi connectivity index (χ0v) is 13.1. The van der Waals surface area contributed by atoms with Crippen molar-refractivity contribution in [3.8, 4) is 22.5 Å². The van der Waals surface area contributed by atoms with Crippen LogP contribution in [0.1, 0.15) is 0 Å². The molecule has 0 radical (unpaired) electrons. The first-order valence-electron chi connectivity index (χ1n) is 6.32. The monoisotopic (exact) mass is 333 g/mol. The molecule has 0 unspecified atom stereocenters. The first kappa shape index (κ1) is 14.4. The molecule has 0 spiro atoms. The third-order valence-electron chi connectivity index (χ3n) is 3.11. The normalized spacial score (nSPS) is 10.6. The zero-order valence-electron chi connectivity index (χ0n) is 10.9. The van der Waals surface area contributed by atoms with Crippen LogP contribution in [0, 0.1) is 0 Å². The molecule has 21 heavy (non-hydrogen) atoms. The minimum atomic E-state index is 0.586. The fraction of sp³-hybridized carbons (Fsp3) is 0. The Morgan fingerprint density at radius 3 is 1.86 bits per heavy atom. The van der Waals surface area contributed by atoms with Crippen molar-refractivity contribution in [2.24, 2.45) is 0 Å². The van der Waals surface area contributed by atoms with Gasteiger partial charge < -0.3 is 0 Å². The molecule has 0 atom stereocenters. The van der Waals surface area contributed by atoms with Gasteiger partial charge in [-0.15, -0.1) is 0 Å². The second kappa shape index (κ2) is 6.07. The van der Waals surface area contributed by atoms with Gasteiger partial charge in [0.25, 0.3) is 0 Å². The smallest absolute Gasteiger partial charge is 0.0739 e. The summed E-state index contributed by atoms with van der Waals surface area (Å²) in [5.74, 6) is 0. The van der Waals surface area contributed by atoms with Crippen LogP contribution >= 0.6 is 34.8 Å². The van der Waals surface area contributed by atoms with Crippen molar-refractivity contribution in [2.75, 3.05) is 0 Å². The fourth-order valence-electron chi connectivity index (χ4n) is 2.10. The van der Waals surface area contributed by atoms with E-state index < -0.39 is 0 Å². The number of halogens is 3. The lowest BCUT2D eigenvalue weighted by Gasteiger charge is -2.08. The predicted molar refractivity (Wildman–Crippen MR) is 90.1 cm³/mol. The van der Waals surface area contributed by atoms with Gasteiger partial charge in [0.15, 0.2) is 0 Å². The molecule has 0 amide bonds. The van der Waals surface area contributed by atoms with Gasteiger partial charge in [-0.3, -0.25) is 0 Å². The van der Waals surface area contributed by atoms with Gasteiger partial charge in [0.05, 0.1) is 21.4 Å². The van der Waals surface area contributed by atoms with Crippen LogP contribution in [0.15, 0.2) is 60.7 Å². The minimum absolute atomic E-state index is 0.586. The molecular weight excluding hydrogens is 325 g/mol. The largest absolute Gasteiger partial charge is 0.248 e. The molecule has 3 aromatic rings. The third kappa shape index (κ3) is 3.06. The summed E-state index contributed by atoms with van der Waals surface area (Å²) in [4.78, 5) is 4.65. The molecule has 4 heteroatoms. The maximum Gasteiger partial charge on any atom is 0.0739 e. The van der Waals surface area contributed by atoms with Crippen LogP contribution in [0.5, 0.6) is 0 Å². The molecule has 0 N–H and O–H groups in total. The molecular formula is C17H10Cl3N. The third-order valence-corrected chi connectivity index (χ3v) is 3.99. The maximum absolute atomic E-state index is 6.24. The molecule has 1 aromatic heterocycles. The van der Waals surface area contributed by atoms with Crippen LogP contribution in [-0.2, 0) is 0 Å². The Hall–Kier alpha value is -1.54. The topological polar surface area (TPSA) is 12.9 Å². The van der Waals surface area contributed by atoms with Crippen LogP contribution in [0.3, 0.4) is 0 Å². The van der Waals surface area contributed by atoms with Gasteiger partial charge in [0.2, 0.25) is 0 Å². The van der Waals surface area contributed by atoms with Crippen LogP contribution in [-0.4, -0.2) is 4.98 Å². The van der Waals surface area contributed by atoms with E-state index in [4.69, 9.17) is 34.8 Å². The van der Waals surface area contributed by atoms with Crippen molar-refractivity contribution in [1.82, 2.24) is 4.98 Å². The van der Waals surface area contributed by atoms with Gasteiger partial charge in [0, 0.05) is 16.1 Å². The lowest BCUT2D eigenvalue weighted by atomic mass is 10.1. The van der Waals surface area contributed by atoms with Crippen molar-refractivity contribution < 1.29 is 0 Å². The molecule has 0 saturated carbocycles. The standard InChI is InChI=1S/C17H10Cl3N/c18-12-9-7-11(8-10-12)15-5-2-6-16(21-15)17-13(19)3-1-4-14(17)20/h1-10H. The molecule has 0 aliphatic rings. The highest BCUT2D eigenvalue weighted by molar-refractivity contribution is 6.39.